The Labute approximate surface area is 187 Å². The van der Waals surface area contributed by atoms with Gasteiger partial charge in [0.1, 0.15) is 17.3 Å². The van der Waals surface area contributed by atoms with Crippen molar-refractivity contribution in [3.8, 4) is 5.69 Å². The van der Waals surface area contributed by atoms with E-state index in [2.05, 4.69) is 20.5 Å². The number of nitrogens with zero attached hydrogens (tertiary/aromatic N) is 5. The van der Waals surface area contributed by atoms with Crippen LogP contribution in [0.4, 0.5) is 23.4 Å². The molecule has 0 radical (unpaired) electrons. The molecule has 1 unspecified atom stereocenters. The van der Waals surface area contributed by atoms with Crippen LogP contribution in [0.1, 0.15) is 35.7 Å². The van der Waals surface area contributed by atoms with Crippen LogP contribution < -0.4 is 5.32 Å². The fourth-order valence-electron chi connectivity index (χ4n) is 4.03. The van der Waals surface area contributed by atoms with Gasteiger partial charge in [0.15, 0.2) is 0 Å². The quantitative estimate of drug-likeness (QED) is 0.576. The first-order valence-corrected chi connectivity index (χ1v) is 10.5. The number of hydrogen-bond donors (Lipinski definition) is 1. The van der Waals surface area contributed by atoms with Crippen molar-refractivity contribution in [3.63, 3.8) is 0 Å². The third-order valence-electron chi connectivity index (χ3n) is 5.78. The Morgan fingerprint density at radius 2 is 1.94 bits per heavy atom. The summed E-state index contributed by atoms with van der Waals surface area (Å²) in [5.41, 5.74) is -0.328. The highest BCUT2D eigenvalue weighted by atomic mass is 19.4. The number of rotatable bonds is 5. The number of carbonyl (C=O) groups is 1. The van der Waals surface area contributed by atoms with Crippen LogP contribution in [0.25, 0.3) is 5.69 Å². The Morgan fingerprint density at radius 3 is 2.61 bits per heavy atom. The summed E-state index contributed by atoms with van der Waals surface area (Å²) in [5.74, 6) is -0.383. The lowest BCUT2D eigenvalue weighted by molar-refractivity contribution is -0.137. The van der Waals surface area contributed by atoms with Gasteiger partial charge in [-0.1, -0.05) is 6.92 Å². The summed E-state index contributed by atoms with van der Waals surface area (Å²) in [5, 5.41) is 11.1. The van der Waals surface area contributed by atoms with Crippen LogP contribution in [-0.4, -0.2) is 49.9 Å². The minimum Gasteiger partial charge on any atom is -0.368 e. The predicted octanol–water partition coefficient (Wildman–Crippen LogP) is 4.17. The fourth-order valence-corrected chi connectivity index (χ4v) is 4.03. The minimum atomic E-state index is -4.46. The molecule has 1 saturated heterocycles. The number of pyridine rings is 1. The molecule has 2 atom stereocenters. The van der Waals surface area contributed by atoms with Crippen molar-refractivity contribution < 1.29 is 22.4 Å². The van der Waals surface area contributed by atoms with Crippen LogP contribution in [0.5, 0.6) is 0 Å². The maximum Gasteiger partial charge on any atom is 0.417 e. The molecule has 3 heterocycles. The average Bonchev–Trinajstić information content (AvgIpc) is 3.32. The number of carbonyl (C=O) groups excluding carboxylic acids is 1. The number of anilines is 1. The number of alkyl halides is 3. The van der Waals surface area contributed by atoms with E-state index in [4.69, 9.17) is 0 Å². The van der Waals surface area contributed by atoms with Gasteiger partial charge in [-0.2, -0.15) is 28.2 Å². The van der Waals surface area contributed by atoms with Crippen molar-refractivity contribution in [2.45, 2.75) is 32.0 Å². The molecule has 1 N–H and O–H groups in total. The molecule has 0 aliphatic carbocycles. The van der Waals surface area contributed by atoms with Crippen molar-refractivity contribution in [3.05, 3.63) is 65.9 Å². The summed E-state index contributed by atoms with van der Waals surface area (Å²) in [6, 6.07) is 5.83. The van der Waals surface area contributed by atoms with Crippen molar-refractivity contribution in [2.75, 3.05) is 18.4 Å². The van der Waals surface area contributed by atoms with Crippen LogP contribution in [0.15, 0.2) is 48.9 Å². The van der Waals surface area contributed by atoms with Gasteiger partial charge >= 0.3 is 6.18 Å². The van der Waals surface area contributed by atoms with Gasteiger partial charge in [0.2, 0.25) is 0 Å². The van der Waals surface area contributed by atoms with Crippen molar-refractivity contribution in [2.24, 2.45) is 5.92 Å². The molecule has 0 saturated carbocycles. The van der Waals surface area contributed by atoms with Gasteiger partial charge in [0.05, 0.1) is 29.6 Å². The van der Waals surface area contributed by atoms with Crippen LogP contribution in [0.3, 0.4) is 0 Å². The SMILES string of the molecule is C[C@@H]1CCCN(C(=O)c2ccc(F)cc2-n2nccn2)C1CNc1ccc(C(F)(F)F)cn1. The zero-order valence-electron chi connectivity index (χ0n) is 17.8. The number of likely N-dealkylation sites (tertiary alicyclic amines) is 1. The number of nitrogens with one attached hydrogen (secondary N) is 1. The molecule has 1 fully saturated rings. The van der Waals surface area contributed by atoms with E-state index in [0.717, 1.165) is 25.1 Å². The number of benzene rings is 1. The molecule has 33 heavy (non-hydrogen) atoms. The Bertz CT molecular complexity index is 1100. The topological polar surface area (TPSA) is 75.9 Å². The van der Waals surface area contributed by atoms with Crippen LogP contribution >= 0.6 is 0 Å². The molecular weight excluding hydrogens is 440 g/mol. The second-order valence-electron chi connectivity index (χ2n) is 7.98. The van der Waals surface area contributed by atoms with E-state index in [1.54, 1.807) is 4.90 Å². The maximum atomic E-state index is 13.9. The lowest BCUT2D eigenvalue weighted by Crippen LogP contribution is -2.51. The number of piperidine rings is 1. The largest absolute Gasteiger partial charge is 0.417 e. The second-order valence-corrected chi connectivity index (χ2v) is 7.98. The van der Waals surface area contributed by atoms with Crippen molar-refractivity contribution >= 4 is 11.7 Å². The Hall–Kier alpha value is -3.50. The Balaban J connectivity index is 1.55. The molecule has 1 aliphatic heterocycles. The molecule has 7 nitrogen and oxygen atoms in total. The summed E-state index contributed by atoms with van der Waals surface area (Å²) in [7, 11) is 0. The van der Waals surface area contributed by atoms with Gasteiger partial charge in [0, 0.05) is 25.4 Å². The maximum absolute atomic E-state index is 13.9. The van der Waals surface area contributed by atoms with Gasteiger partial charge < -0.3 is 10.2 Å². The lowest BCUT2D eigenvalue weighted by atomic mass is 9.90. The van der Waals surface area contributed by atoms with Gasteiger partial charge in [-0.25, -0.2) is 9.37 Å². The molecule has 3 aromatic rings. The molecule has 1 aliphatic rings. The van der Waals surface area contributed by atoms with Gasteiger partial charge in [-0.05, 0) is 43.0 Å². The third kappa shape index (κ3) is 4.96. The van der Waals surface area contributed by atoms with Gasteiger partial charge in [-0.3, -0.25) is 4.79 Å². The Morgan fingerprint density at radius 1 is 1.18 bits per heavy atom. The highest BCUT2D eigenvalue weighted by molar-refractivity contribution is 5.98. The number of hydrogen-bond acceptors (Lipinski definition) is 5. The first-order chi connectivity index (χ1) is 15.7. The van der Waals surface area contributed by atoms with Crippen LogP contribution in [0.2, 0.25) is 0 Å². The smallest absolute Gasteiger partial charge is 0.368 e. The standard InChI is InChI=1S/C22H22F4N6O/c1-14-3-2-10-31(19(14)13-28-20-7-4-15(12-27-20)22(24,25)26)21(33)17-6-5-16(23)11-18(17)32-29-8-9-30-32/h4-9,11-12,14,19H,2-3,10,13H2,1H3,(H,27,28)/t14-,19?/m1/s1. The van der Waals surface area contributed by atoms with E-state index in [0.29, 0.717) is 13.1 Å². The summed E-state index contributed by atoms with van der Waals surface area (Å²) in [6.45, 7) is 2.83. The van der Waals surface area contributed by atoms with E-state index in [1.165, 1.54) is 41.5 Å². The van der Waals surface area contributed by atoms with Gasteiger partial charge in [0.25, 0.3) is 5.91 Å². The highest BCUT2D eigenvalue weighted by Crippen LogP contribution is 2.30. The lowest BCUT2D eigenvalue weighted by Gasteiger charge is -2.40. The fraction of sp³-hybridized carbons (Fsp3) is 0.364. The number of amides is 1. The zero-order chi connectivity index (χ0) is 23.6. The number of aromatic nitrogens is 4. The summed E-state index contributed by atoms with van der Waals surface area (Å²) in [4.78, 5) is 20.3. The minimum absolute atomic E-state index is 0.136. The molecule has 4 rings (SSSR count). The molecule has 0 spiro atoms. The zero-order valence-corrected chi connectivity index (χ0v) is 17.8. The summed E-state index contributed by atoms with van der Waals surface area (Å²) in [6.07, 6.45) is 0.893. The summed E-state index contributed by atoms with van der Waals surface area (Å²) >= 11 is 0. The molecular formula is C22H22F4N6O. The molecule has 1 aromatic carbocycles. The van der Waals surface area contributed by atoms with E-state index in [9.17, 15) is 22.4 Å². The van der Waals surface area contributed by atoms with Gasteiger partial charge in [-0.15, -0.1) is 0 Å². The highest BCUT2D eigenvalue weighted by Gasteiger charge is 2.34. The molecule has 1 amide bonds. The molecule has 174 valence electrons. The first-order valence-electron chi connectivity index (χ1n) is 10.5. The average molecular weight is 462 g/mol. The predicted molar refractivity (Wildman–Crippen MR) is 112 cm³/mol. The molecule has 2 aromatic heterocycles. The first kappa shape index (κ1) is 22.7. The number of halogens is 4. The normalized spacial score (nSPS) is 18.9. The van der Waals surface area contributed by atoms with Crippen LogP contribution in [-0.2, 0) is 6.18 Å². The third-order valence-corrected chi connectivity index (χ3v) is 5.78. The Kier molecular flexibility index (Phi) is 6.30. The monoisotopic (exact) mass is 462 g/mol. The second kappa shape index (κ2) is 9.16. The van der Waals surface area contributed by atoms with Crippen molar-refractivity contribution in [1.29, 1.82) is 0 Å². The molecule has 11 heteroatoms. The van der Waals surface area contributed by atoms with Crippen LogP contribution in [0, 0.1) is 11.7 Å². The van der Waals surface area contributed by atoms with E-state index in [1.807, 2.05) is 6.92 Å². The van der Waals surface area contributed by atoms with E-state index < -0.39 is 17.6 Å². The molecule has 0 bridgehead atoms. The van der Waals surface area contributed by atoms with E-state index in [-0.39, 0.29) is 34.9 Å². The summed E-state index contributed by atoms with van der Waals surface area (Å²) < 4.78 is 52.2. The van der Waals surface area contributed by atoms with Crippen molar-refractivity contribution in [1.82, 2.24) is 24.9 Å². The van der Waals surface area contributed by atoms with E-state index >= 15 is 0 Å².